The van der Waals surface area contributed by atoms with Gasteiger partial charge in [-0.15, -0.1) is 0 Å². The van der Waals surface area contributed by atoms with Crippen LogP contribution in [0.4, 0.5) is 20.6 Å². The number of carbonyl (C=O) groups excluding carboxylic acids is 2. The first-order valence-electron chi connectivity index (χ1n) is 11.0. The first kappa shape index (κ1) is 28.5. The Labute approximate surface area is 197 Å². The van der Waals surface area contributed by atoms with Crippen LogP contribution in [0.5, 0.6) is 0 Å². The maximum Gasteiger partial charge on any atom is 0.410 e. The summed E-state index contributed by atoms with van der Waals surface area (Å²) in [5.74, 6) is 5.73. The van der Waals surface area contributed by atoms with Gasteiger partial charge >= 0.3 is 12.1 Å². The highest BCUT2D eigenvalue weighted by Crippen LogP contribution is 2.33. The minimum absolute atomic E-state index is 0.164. The zero-order valence-electron chi connectivity index (χ0n) is 21.7. The lowest BCUT2D eigenvalue weighted by Gasteiger charge is -2.36. The summed E-state index contributed by atoms with van der Waals surface area (Å²) in [5, 5.41) is 1.52. The summed E-state index contributed by atoms with van der Waals surface area (Å²) in [5.41, 5.74) is 5.20. The fraction of sp³-hybridized carbons (Fsp3) is 0.667. The Bertz CT molecular complexity index is 854. The van der Waals surface area contributed by atoms with Crippen LogP contribution in [0.25, 0.3) is 0 Å². The summed E-state index contributed by atoms with van der Waals surface area (Å²) in [7, 11) is 1.28. The number of hydrogen-bond donors (Lipinski definition) is 2. The van der Waals surface area contributed by atoms with Crippen molar-refractivity contribution in [3.05, 3.63) is 23.3 Å². The molecule has 0 radical (unpaired) electrons. The number of methoxy groups -OCH3 is 1. The lowest BCUT2D eigenvalue weighted by molar-refractivity contribution is 0.00504. The Morgan fingerprint density at radius 2 is 1.64 bits per heavy atom. The fourth-order valence-electron chi connectivity index (χ4n) is 3.28. The summed E-state index contributed by atoms with van der Waals surface area (Å²) in [4.78, 5) is 26.7. The minimum Gasteiger partial charge on any atom is -0.465 e. The number of rotatable bonds is 7. The molecule has 1 aromatic rings. The summed E-state index contributed by atoms with van der Waals surface area (Å²) in [6.45, 7) is 15.4. The van der Waals surface area contributed by atoms with Gasteiger partial charge < -0.3 is 25.1 Å². The van der Waals surface area contributed by atoms with Gasteiger partial charge in [-0.3, -0.25) is 0 Å². The van der Waals surface area contributed by atoms with Crippen LogP contribution >= 0.6 is 0 Å². The number of nitrogens with zero attached hydrogens (tertiary/aromatic N) is 2. The number of alkyl halides is 1. The number of hydrazine groups is 1. The maximum absolute atomic E-state index is 14.6. The molecule has 0 aliphatic carbocycles. The maximum atomic E-state index is 14.6. The second kappa shape index (κ2) is 10.2. The molecule has 0 bridgehead atoms. The molecule has 0 aliphatic heterocycles. The Morgan fingerprint density at radius 1 is 1.09 bits per heavy atom. The molecule has 0 saturated heterocycles. The molecular weight excluding hydrogens is 427 g/mol. The van der Waals surface area contributed by atoms with E-state index in [1.54, 1.807) is 39.8 Å². The molecular formula is C24H41FN4O4. The van der Waals surface area contributed by atoms with E-state index in [9.17, 15) is 14.0 Å². The van der Waals surface area contributed by atoms with Gasteiger partial charge in [0.15, 0.2) is 0 Å². The normalized spacial score (nSPS) is 13.3. The van der Waals surface area contributed by atoms with Gasteiger partial charge in [-0.05, 0) is 86.4 Å². The van der Waals surface area contributed by atoms with Crippen molar-refractivity contribution in [2.75, 3.05) is 24.4 Å². The van der Waals surface area contributed by atoms with Gasteiger partial charge in [0.2, 0.25) is 0 Å². The molecule has 1 unspecified atom stereocenters. The number of halogens is 1. The van der Waals surface area contributed by atoms with Gasteiger partial charge in [0.1, 0.15) is 11.3 Å². The van der Waals surface area contributed by atoms with Crippen LogP contribution in [-0.4, -0.2) is 53.5 Å². The number of amides is 1. The molecule has 4 N–H and O–H groups in total. The number of esters is 1. The van der Waals surface area contributed by atoms with Gasteiger partial charge in [0.25, 0.3) is 0 Å². The first-order valence-corrected chi connectivity index (χ1v) is 11.0. The molecule has 0 saturated carbocycles. The molecule has 1 aromatic carbocycles. The van der Waals surface area contributed by atoms with Gasteiger partial charge in [-0.25, -0.2) is 19.8 Å². The molecule has 0 heterocycles. The van der Waals surface area contributed by atoms with Crippen LogP contribution in [-0.2, 0) is 15.9 Å². The van der Waals surface area contributed by atoms with Crippen molar-refractivity contribution in [3.63, 3.8) is 0 Å². The van der Waals surface area contributed by atoms with E-state index in [1.165, 1.54) is 30.9 Å². The van der Waals surface area contributed by atoms with E-state index < -0.39 is 34.9 Å². The largest absolute Gasteiger partial charge is 0.465 e. The van der Waals surface area contributed by atoms with Gasteiger partial charge in [-0.1, -0.05) is 0 Å². The number of anilines is 2. The third-order valence-corrected chi connectivity index (χ3v) is 4.93. The van der Waals surface area contributed by atoms with E-state index in [-0.39, 0.29) is 18.5 Å². The average molecular weight is 469 g/mol. The van der Waals surface area contributed by atoms with Gasteiger partial charge in [0, 0.05) is 11.6 Å². The zero-order valence-corrected chi connectivity index (χ0v) is 21.7. The first-order chi connectivity index (χ1) is 14.8. The molecule has 33 heavy (non-hydrogen) atoms. The van der Waals surface area contributed by atoms with Crippen molar-refractivity contribution < 1.29 is 23.5 Å². The molecule has 9 heteroatoms. The summed E-state index contributed by atoms with van der Waals surface area (Å²) in [6.07, 6.45) is -0.484. The standard InChI is InChI=1S/C24H41FN4O4/c1-15(28(14-24(8,9)25)21(31)33-23(5,6)7)13-17-16(20(30)32-10)11-12-18(19(17)26)29(27)22(2,3)4/h11-12,15H,13-14,26-27H2,1-10H3. The van der Waals surface area contributed by atoms with Gasteiger partial charge in [-0.2, -0.15) is 0 Å². The van der Waals surface area contributed by atoms with E-state index in [1.807, 2.05) is 20.8 Å². The molecule has 0 aromatic heterocycles. The third kappa shape index (κ3) is 8.07. The van der Waals surface area contributed by atoms with E-state index in [0.29, 0.717) is 16.9 Å². The fourth-order valence-corrected chi connectivity index (χ4v) is 3.28. The quantitative estimate of drug-likeness (QED) is 0.263. The zero-order chi connectivity index (χ0) is 25.9. The smallest absolute Gasteiger partial charge is 0.410 e. The van der Waals surface area contributed by atoms with Crippen LogP contribution in [0.2, 0.25) is 0 Å². The van der Waals surface area contributed by atoms with Crippen molar-refractivity contribution in [1.29, 1.82) is 0 Å². The van der Waals surface area contributed by atoms with E-state index in [4.69, 9.17) is 21.1 Å². The highest BCUT2D eigenvalue weighted by atomic mass is 19.1. The molecule has 1 amide bonds. The number of hydrogen-bond acceptors (Lipinski definition) is 7. The monoisotopic (exact) mass is 468 g/mol. The van der Waals surface area contributed by atoms with Gasteiger partial charge in [0.05, 0.1) is 30.6 Å². The summed E-state index contributed by atoms with van der Waals surface area (Å²) < 4.78 is 25.0. The SMILES string of the molecule is COC(=O)c1ccc(N(N)C(C)(C)C)c(N)c1CC(C)N(CC(C)(C)F)C(=O)OC(C)(C)C. The second-order valence-corrected chi connectivity index (χ2v) is 10.9. The molecule has 8 nitrogen and oxygen atoms in total. The predicted octanol–water partition coefficient (Wildman–Crippen LogP) is 4.45. The average Bonchev–Trinajstić information content (AvgIpc) is 2.63. The van der Waals surface area contributed by atoms with Crippen molar-refractivity contribution >= 4 is 23.4 Å². The van der Waals surface area contributed by atoms with Crippen molar-refractivity contribution in [3.8, 4) is 0 Å². The Morgan fingerprint density at radius 3 is 2.06 bits per heavy atom. The number of carbonyl (C=O) groups is 2. The highest BCUT2D eigenvalue weighted by molar-refractivity contribution is 5.95. The summed E-state index contributed by atoms with van der Waals surface area (Å²) >= 11 is 0. The van der Waals surface area contributed by atoms with Crippen LogP contribution < -0.4 is 16.6 Å². The third-order valence-electron chi connectivity index (χ3n) is 4.93. The Hall–Kier alpha value is -2.55. The lowest BCUT2D eigenvalue weighted by atomic mass is 9.95. The number of ether oxygens (including phenoxy) is 2. The van der Waals surface area contributed by atoms with E-state index in [2.05, 4.69) is 0 Å². The number of nitrogen functional groups attached to an aromatic ring is 1. The van der Waals surface area contributed by atoms with E-state index >= 15 is 0 Å². The van der Waals surface area contributed by atoms with Crippen molar-refractivity contribution in [2.45, 2.75) is 91.6 Å². The molecule has 1 rings (SSSR count). The number of benzene rings is 1. The van der Waals surface area contributed by atoms with Crippen LogP contribution in [0, 0.1) is 0 Å². The predicted molar refractivity (Wildman–Crippen MR) is 130 cm³/mol. The molecule has 0 spiro atoms. The van der Waals surface area contributed by atoms with Crippen molar-refractivity contribution in [2.24, 2.45) is 5.84 Å². The minimum atomic E-state index is -1.66. The van der Waals surface area contributed by atoms with Crippen LogP contribution in [0.15, 0.2) is 12.1 Å². The van der Waals surface area contributed by atoms with Crippen LogP contribution in [0.3, 0.4) is 0 Å². The summed E-state index contributed by atoms with van der Waals surface area (Å²) in [6, 6.07) is 2.72. The number of nitrogens with two attached hydrogens (primary N) is 2. The lowest BCUT2D eigenvalue weighted by Crippen LogP contribution is -2.48. The van der Waals surface area contributed by atoms with Crippen molar-refractivity contribution in [1.82, 2.24) is 4.90 Å². The molecule has 1 atom stereocenters. The molecule has 188 valence electrons. The van der Waals surface area contributed by atoms with Crippen LogP contribution in [0.1, 0.15) is 78.2 Å². The van der Waals surface area contributed by atoms with E-state index in [0.717, 1.165) is 0 Å². The topological polar surface area (TPSA) is 111 Å². The second-order valence-electron chi connectivity index (χ2n) is 10.9. The highest BCUT2D eigenvalue weighted by Gasteiger charge is 2.33. The molecule has 0 fully saturated rings. The molecule has 0 aliphatic rings. The Kier molecular flexibility index (Phi) is 8.76. The Balaban J connectivity index is 3.51.